The van der Waals surface area contributed by atoms with Gasteiger partial charge in [0.15, 0.2) is 0 Å². The number of ether oxygens (including phenoxy) is 2. The predicted octanol–water partition coefficient (Wildman–Crippen LogP) is 1.87. The first-order valence-corrected chi connectivity index (χ1v) is 7.88. The highest BCUT2D eigenvalue weighted by molar-refractivity contribution is 5.97. The van der Waals surface area contributed by atoms with E-state index in [1.54, 1.807) is 38.1 Å². The van der Waals surface area contributed by atoms with Gasteiger partial charge >= 0.3 is 18.1 Å². The summed E-state index contributed by atoms with van der Waals surface area (Å²) < 4.78 is 11.1. The van der Waals surface area contributed by atoms with Gasteiger partial charge in [0.25, 0.3) is 0 Å². The molecule has 2 heterocycles. The van der Waals surface area contributed by atoms with Crippen LogP contribution in [-0.4, -0.2) is 46.4 Å². The van der Waals surface area contributed by atoms with Gasteiger partial charge < -0.3 is 14.8 Å². The van der Waals surface area contributed by atoms with Crippen LogP contribution in [0.3, 0.4) is 0 Å². The van der Waals surface area contributed by atoms with Crippen molar-refractivity contribution in [1.29, 1.82) is 0 Å². The summed E-state index contributed by atoms with van der Waals surface area (Å²) in [4.78, 5) is 40.4. The lowest BCUT2D eigenvalue weighted by atomic mass is 10.2. The molecule has 1 aromatic carbocycles. The van der Waals surface area contributed by atoms with E-state index < -0.39 is 24.1 Å². The van der Waals surface area contributed by atoms with Gasteiger partial charge in [0.05, 0.1) is 23.7 Å². The summed E-state index contributed by atoms with van der Waals surface area (Å²) in [6.07, 6.45) is -0.644. The molecule has 0 radical (unpaired) electrons. The van der Waals surface area contributed by atoms with Gasteiger partial charge in [-0.2, -0.15) is 0 Å². The van der Waals surface area contributed by atoms with Crippen molar-refractivity contribution in [3.63, 3.8) is 0 Å². The number of esters is 1. The quantitative estimate of drug-likeness (QED) is 0.821. The molecule has 1 atom stereocenters. The molecular formula is C16H18N4O5. The van der Waals surface area contributed by atoms with Gasteiger partial charge in [-0.3, -0.25) is 5.32 Å². The maximum Gasteiger partial charge on any atom is 0.414 e. The molecule has 0 bridgehead atoms. The molecule has 9 heteroatoms. The number of aromatic nitrogens is 2. The van der Waals surface area contributed by atoms with Crippen molar-refractivity contribution in [2.45, 2.75) is 32.4 Å². The zero-order valence-electron chi connectivity index (χ0n) is 13.8. The van der Waals surface area contributed by atoms with Gasteiger partial charge in [-0.1, -0.05) is 12.1 Å². The van der Waals surface area contributed by atoms with Crippen LogP contribution in [-0.2, 0) is 14.3 Å². The standard InChI is InChI=1S/C16H18N4O5/c1-9(2)25-16(23)19-14-17-10-5-3-4-6-12(10)20(14)15(22)18-11-7-8-24-13(11)21/h3-6,9,11H,7-8H2,1-2H3,(H,18,22)(H,17,19,23). The predicted molar refractivity (Wildman–Crippen MR) is 88.3 cm³/mol. The summed E-state index contributed by atoms with van der Waals surface area (Å²) in [6, 6.07) is 5.60. The average Bonchev–Trinajstić information content (AvgIpc) is 3.09. The van der Waals surface area contributed by atoms with Gasteiger partial charge in [-0.15, -0.1) is 0 Å². The van der Waals surface area contributed by atoms with Crippen molar-refractivity contribution in [2.24, 2.45) is 0 Å². The maximum atomic E-state index is 12.7. The second kappa shape index (κ2) is 6.80. The molecule has 0 spiro atoms. The molecule has 2 amide bonds. The number of imidazole rings is 1. The first-order valence-electron chi connectivity index (χ1n) is 7.88. The number of benzene rings is 1. The third-order valence-electron chi connectivity index (χ3n) is 3.55. The largest absolute Gasteiger partial charge is 0.464 e. The smallest absolute Gasteiger partial charge is 0.414 e. The van der Waals surface area contributed by atoms with Crippen LogP contribution in [0.1, 0.15) is 20.3 Å². The number of carbonyl (C=O) groups is 3. The van der Waals surface area contributed by atoms with Crippen LogP contribution >= 0.6 is 0 Å². The number of nitrogens with one attached hydrogen (secondary N) is 2. The summed E-state index contributed by atoms with van der Waals surface area (Å²) in [6.45, 7) is 3.68. The Bertz CT molecular complexity index is 829. The van der Waals surface area contributed by atoms with E-state index in [0.717, 1.165) is 0 Å². The normalized spacial score (nSPS) is 16.8. The fourth-order valence-corrected chi connectivity index (χ4v) is 2.49. The Balaban J connectivity index is 1.91. The minimum atomic E-state index is -0.723. The van der Waals surface area contributed by atoms with Crippen molar-refractivity contribution in [1.82, 2.24) is 14.9 Å². The van der Waals surface area contributed by atoms with E-state index in [1.807, 2.05) is 0 Å². The summed E-state index contributed by atoms with van der Waals surface area (Å²) in [5.41, 5.74) is 1.01. The van der Waals surface area contributed by atoms with Gasteiger partial charge in [0.2, 0.25) is 5.95 Å². The number of hydrogen-bond donors (Lipinski definition) is 2. The summed E-state index contributed by atoms with van der Waals surface area (Å²) in [5.74, 6) is -0.470. The van der Waals surface area contributed by atoms with E-state index in [4.69, 9.17) is 9.47 Å². The minimum absolute atomic E-state index is 0.00992. The number of carbonyl (C=O) groups excluding carboxylic acids is 3. The molecule has 2 aromatic rings. The number of fused-ring (bicyclic) bond motifs is 1. The summed E-state index contributed by atoms with van der Waals surface area (Å²) in [5, 5.41) is 5.06. The number of para-hydroxylation sites is 2. The lowest BCUT2D eigenvalue weighted by molar-refractivity contribution is -0.139. The van der Waals surface area contributed by atoms with Crippen molar-refractivity contribution in [3.8, 4) is 0 Å². The van der Waals surface area contributed by atoms with Crippen molar-refractivity contribution >= 4 is 35.1 Å². The molecule has 1 saturated heterocycles. The SMILES string of the molecule is CC(C)OC(=O)Nc1nc2ccccc2n1C(=O)NC1CCOC1=O. The first-order chi connectivity index (χ1) is 12.0. The Hall–Kier alpha value is -3.10. The molecule has 1 fully saturated rings. The van der Waals surface area contributed by atoms with Crippen LogP contribution in [0.2, 0.25) is 0 Å². The highest BCUT2D eigenvalue weighted by atomic mass is 16.6. The Labute approximate surface area is 143 Å². The van der Waals surface area contributed by atoms with Crippen LogP contribution in [0, 0.1) is 0 Å². The average molecular weight is 346 g/mol. The lowest BCUT2D eigenvalue weighted by Crippen LogP contribution is -2.40. The maximum absolute atomic E-state index is 12.7. The summed E-state index contributed by atoms with van der Waals surface area (Å²) in [7, 11) is 0. The number of rotatable bonds is 3. The zero-order chi connectivity index (χ0) is 18.0. The van der Waals surface area contributed by atoms with E-state index in [-0.39, 0.29) is 18.7 Å². The number of anilines is 1. The van der Waals surface area contributed by atoms with Crippen LogP contribution in [0.4, 0.5) is 15.5 Å². The second-order valence-electron chi connectivity index (χ2n) is 5.80. The number of hydrogen-bond acceptors (Lipinski definition) is 6. The second-order valence-corrected chi connectivity index (χ2v) is 5.80. The monoisotopic (exact) mass is 346 g/mol. The first kappa shape index (κ1) is 16.7. The Morgan fingerprint density at radius 2 is 2.12 bits per heavy atom. The number of cyclic esters (lactones) is 1. The highest BCUT2D eigenvalue weighted by Gasteiger charge is 2.30. The minimum Gasteiger partial charge on any atom is -0.464 e. The fourth-order valence-electron chi connectivity index (χ4n) is 2.49. The van der Waals surface area contributed by atoms with Gasteiger partial charge in [0.1, 0.15) is 6.04 Å². The van der Waals surface area contributed by atoms with E-state index >= 15 is 0 Å². The van der Waals surface area contributed by atoms with Crippen LogP contribution in [0.25, 0.3) is 11.0 Å². The molecule has 0 saturated carbocycles. The van der Waals surface area contributed by atoms with Crippen molar-refractivity contribution in [3.05, 3.63) is 24.3 Å². The molecule has 2 N–H and O–H groups in total. The molecule has 1 aromatic heterocycles. The number of amides is 2. The molecule has 0 aliphatic carbocycles. The van der Waals surface area contributed by atoms with Crippen LogP contribution < -0.4 is 10.6 Å². The van der Waals surface area contributed by atoms with Crippen molar-refractivity contribution < 1.29 is 23.9 Å². The highest BCUT2D eigenvalue weighted by Crippen LogP contribution is 2.20. The third-order valence-corrected chi connectivity index (χ3v) is 3.55. The van der Waals surface area contributed by atoms with Gasteiger partial charge in [-0.05, 0) is 26.0 Å². The molecule has 1 aliphatic rings. The molecular weight excluding hydrogens is 328 g/mol. The third kappa shape index (κ3) is 3.54. The van der Waals surface area contributed by atoms with Crippen LogP contribution in [0.5, 0.6) is 0 Å². The lowest BCUT2D eigenvalue weighted by Gasteiger charge is -2.13. The van der Waals surface area contributed by atoms with Crippen LogP contribution in [0.15, 0.2) is 24.3 Å². The number of nitrogens with zero attached hydrogens (tertiary/aromatic N) is 2. The fraction of sp³-hybridized carbons (Fsp3) is 0.375. The molecule has 25 heavy (non-hydrogen) atoms. The zero-order valence-corrected chi connectivity index (χ0v) is 13.8. The van der Waals surface area contributed by atoms with E-state index in [1.165, 1.54) is 4.57 Å². The molecule has 1 unspecified atom stereocenters. The van der Waals surface area contributed by atoms with E-state index in [2.05, 4.69) is 15.6 Å². The van der Waals surface area contributed by atoms with Gasteiger partial charge in [0, 0.05) is 6.42 Å². The Morgan fingerprint density at radius 1 is 1.36 bits per heavy atom. The summed E-state index contributed by atoms with van der Waals surface area (Å²) >= 11 is 0. The molecule has 9 nitrogen and oxygen atoms in total. The Morgan fingerprint density at radius 3 is 2.80 bits per heavy atom. The van der Waals surface area contributed by atoms with Crippen molar-refractivity contribution in [2.75, 3.05) is 11.9 Å². The molecule has 3 rings (SSSR count). The molecule has 1 aliphatic heterocycles. The molecule has 132 valence electrons. The van der Waals surface area contributed by atoms with Gasteiger partial charge in [-0.25, -0.2) is 23.9 Å². The van der Waals surface area contributed by atoms with E-state index in [0.29, 0.717) is 17.5 Å². The topological polar surface area (TPSA) is 112 Å². The Kier molecular flexibility index (Phi) is 4.55. The van der Waals surface area contributed by atoms with E-state index in [9.17, 15) is 14.4 Å².